The molecule has 1 heterocycles. The van der Waals surface area contributed by atoms with E-state index in [4.69, 9.17) is 0 Å². The summed E-state index contributed by atoms with van der Waals surface area (Å²) in [6.45, 7) is 2.43. The van der Waals surface area contributed by atoms with Gasteiger partial charge in [-0.2, -0.15) is 22.5 Å². The number of nitrogens with one attached hydrogen (secondary N) is 1. The van der Waals surface area contributed by atoms with E-state index in [9.17, 15) is 13.2 Å². The van der Waals surface area contributed by atoms with Gasteiger partial charge in [-0.05, 0) is 13.3 Å². The maximum atomic E-state index is 12.1. The molecule has 84 valence electrons. The molecule has 0 saturated heterocycles. The Kier molecular flexibility index (Phi) is 4.07. The topological polar surface area (TPSA) is 37.8 Å². The summed E-state index contributed by atoms with van der Waals surface area (Å²) in [6.07, 6.45) is 0.0822. The Hall–Kier alpha value is -1.11. The fourth-order valence-corrected chi connectivity index (χ4v) is 1.45. The van der Waals surface area contributed by atoms with Crippen LogP contribution in [0.2, 0.25) is 0 Å². The fraction of sp³-hybridized carbons (Fsp3) is 0.500. The zero-order chi connectivity index (χ0) is 11.3. The minimum absolute atomic E-state index is 0.201. The van der Waals surface area contributed by atoms with E-state index in [0.29, 0.717) is 6.54 Å². The second-order valence-corrected chi connectivity index (χ2v) is 3.46. The summed E-state index contributed by atoms with van der Waals surface area (Å²) in [7, 11) is 0. The van der Waals surface area contributed by atoms with Crippen molar-refractivity contribution in [2.45, 2.75) is 19.5 Å². The van der Waals surface area contributed by atoms with Crippen LogP contribution in [0.5, 0.6) is 0 Å². The molecule has 1 aromatic heterocycles. The van der Waals surface area contributed by atoms with E-state index in [2.05, 4.69) is 14.7 Å². The molecule has 0 spiro atoms. The van der Waals surface area contributed by atoms with Crippen molar-refractivity contribution in [1.29, 1.82) is 0 Å². The monoisotopic (exact) mass is 237 g/mol. The zero-order valence-electron chi connectivity index (χ0n) is 8.01. The molecular formula is C8H10F3N3S. The molecule has 0 aliphatic rings. The second kappa shape index (κ2) is 5.11. The van der Waals surface area contributed by atoms with Crippen molar-refractivity contribution >= 4 is 16.7 Å². The van der Waals surface area contributed by atoms with Crippen LogP contribution in [-0.2, 0) is 6.18 Å². The van der Waals surface area contributed by atoms with Crippen molar-refractivity contribution in [3.8, 4) is 0 Å². The van der Waals surface area contributed by atoms with E-state index in [1.54, 1.807) is 0 Å². The molecule has 0 amide bonds. The average Bonchev–Trinajstić information content (AvgIpc) is 2.60. The van der Waals surface area contributed by atoms with E-state index >= 15 is 0 Å². The summed E-state index contributed by atoms with van der Waals surface area (Å²) in [4.78, 5) is 3.33. The maximum Gasteiger partial charge on any atom is 0.452 e. The van der Waals surface area contributed by atoms with Gasteiger partial charge in [-0.1, -0.05) is 12.2 Å². The summed E-state index contributed by atoms with van der Waals surface area (Å²) in [6, 6.07) is 0. The first kappa shape index (κ1) is 12.0. The lowest BCUT2D eigenvalue weighted by Gasteiger charge is -1.99. The van der Waals surface area contributed by atoms with Crippen molar-refractivity contribution in [3.05, 3.63) is 18.0 Å². The van der Waals surface area contributed by atoms with E-state index in [-0.39, 0.29) is 5.13 Å². The molecule has 15 heavy (non-hydrogen) atoms. The van der Waals surface area contributed by atoms with Crippen LogP contribution in [0.4, 0.5) is 18.3 Å². The lowest BCUT2D eigenvalue weighted by Crippen LogP contribution is -2.08. The Labute approximate surface area is 89.2 Å². The Balaban J connectivity index is 2.47. The van der Waals surface area contributed by atoms with Gasteiger partial charge in [-0.15, -0.1) is 0 Å². The zero-order valence-corrected chi connectivity index (χ0v) is 8.82. The largest absolute Gasteiger partial charge is 0.452 e. The van der Waals surface area contributed by atoms with Gasteiger partial charge in [0, 0.05) is 18.1 Å². The molecule has 1 N–H and O–H groups in total. The standard InChI is InChI=1S/C8H10F3N3S/c1-2-3-4-5-12-7-13-6(14-15-7)8(9,10)11/h2-3H,4-5H2,1H3,(H,12,13,14)/b3-2+. The van der Waals surface area contributed by atoms with Crippen LogP contribution < -0.4 is 5.32 Å². The number of hydrogen-bond donors (Lipinski definition) is 1. The average molecular weight is 237 g/mol. The minimum Gasteiger partial charge on any atom is -0.360 e. The third kappa shape index (κ3) is 3.86. The normalized spacial score (nSPS) is 12.3. The predicted octanol–water partition coefficient (Wildman–Crippen LogP) is 2.94. The predicted molar refractivity (Wildman–Crippen MR) is 52.8 cm³/mol. The first-order valence-electron chi connectivity index (χ1n) is 4.30. The van der Waals surface area contributed by atoms with Crippen LogP contribution in [-0.4, -0.2) is 15.9 Å². The number of nitrogens with zero attached hydrogens (tertiary/aromatic N) is 2. The van der Waals surface area contributed by atoms with Crippen LogP contribution in [0.25, 0.3) is 0 Å². The summed E-state index contributed by atoms with van der Waals surface area (Å²) in [5.41, 5.74) is 0. The summed E-state index contributed by atoms with van der Waals surface area (Å²) >= 11 is 0.718. The minimum atomic E-state index is -4.46. The fourth-order valence-electron chi connectivity index (χ4n) is 0.840. The van der Waals surface area contributed by atoms with Gasteiger partial charge in [0.15, 0.2) is 0 Å². The van der Waals surface area contributed by atoms with Crippen LogP contribution in [0.3, 0.4) is 0 Å². The molecule has 0 saturated carbocycles. The third-order valence-corrected chi connectivity index (χ3v) is 2.18. The van der Waals surface area contributed by atoms with Gasteiger partial charge in [0.2, 0.25) is 11.0 Å². The van der Waals surface area contributed by atoms with Gasteiger partial charge in [-0.25, -0.2) is 0 Å². The molecule has 7 heteroatoms. The number of anilines is 1. The number of rotatable bonds is 4. The van der Waals surface area contributed by atoms with E-state index < -0.39 is 12.0 Å². The number of hydrogen-bond acceptors (Lipinski definition) is 4. The number of aromatic nitrogens is 2. The molecule has 1 rings (SSSR count). The van der Waals surface area contributed by atoms with Gasteiger partial charge in [0.25, 0.3) is 0 Å². The maximum absolute atomic E-state index is 12.1. The molecule has 0 unspecified atom stereocenters. The molecule has 0 fully saturated rings. The molecule has 1 aromatic rings. The summed E-state index contributed by atoms with van der Waals surface area (Å²) < 4.78 is 39.5. The SMILES string of the molecule is C/C=C/CCNc1nc(C(F)(F)F)ns1. The molecule has 0 atom stereocenters. The van der Waals surface area contributed by atoms with Crippen molar-refractivity contribution in [2.75, 3.05) is 11.9 Å². The molecule has 0 aromatic carbocycles. The molecule has 0 radical (unpaired) electrons. The first-order valence-corrected chi connectivity index (χ1v) is 5.07. The van der Waals surface area contributed by atoms with Gasteiger partial charge in [0.05, 0.1) is 0 Å². The van der Waals surface area contributed by atoms with Gasteiger partial charge >= 0.3 is 6.18 Å². The molecule has 0 aliphatic heterocycles. The molecule has 3 nitrogen and oxygen atoms in total. The summed E-state index contributed by atoms with van der Waals surface area (Å²) in [5.74, 6) is -1.08. The Morgan fingerprint density at radius 2 is 2.20 bits per heavy atom. The van der Waals surface area contributed by atoms with Crippen LogP contribution >= 0.6 is 11.5 Å². The molecule has 0 aliphatic carbocycles. The smallest absolute Gasteiger partial charge is 0.360 e. The van der Waals surface area contributed by atoms with Crippen LogP contribution in [0.1, 0.15) is 19.2 Å². The first-order chi connectivity index (χ1) is 7.04. The Morgan fingerprint density at radius 1 is 1.47 bits per heavy atom. The number of halogens is 3. The lowest BCUT2D eigenvalue weighted by molar-refractivity contribution is -0.144. The van der Waals surface area contributed by atoms with E-state index in [1.807, 2.05) is 19.1 Å². The lowest BCUT2D eigenvalue weighted by atomic mass is 10.4. The summed E-state index contributed by atoms with van der Waals surface area (Å²) in [5, 5.41) is 2.97. The van der Waals surface area contributed by atoms with Crippen molar-refractivity contribution in [2.24, 2.45) is 0 Å². The highest BCUT2D eigenvalue weighted by molar-refractivity contribution is 7.09. The van der Waals surface area contributed by atoms with Crippen LogP contribution in [0, 0.1) is 0 Å². The van der Waals surface area contributed by atoms with Gasteiger partial charge < -0.3 is 5.32 Å². The highest BCUT2D eigenvalue weighted by atomic mass is 32.1. The number of alkyl halides is 3. The van der Waals surface area contributed by atoms with Crippen LogP contribution in [0.15, 0.2) is 12.2 Å². The molecular weight excluding hydrogens is 227 g/mol. The second-order valence-electron chi connectivity index (χ2n) is 2.71. The Bertz CT molecular complexity index is 332. The van der Waals surface area contributed by atoms with Crippen molar-refractivity contribution in [1.82, 2.24) is 9.36 Å². The van der Waals surface area contributed by atoms with Gasteiger partial charge in [-0.3, -0.25) is 0 Å². The quantitative estimate of drug-likeness (QED) is 0.646. The highest BCUT2D eigenvalue weighted by Gasteiger charge is 2.35. The number of allylic oxidation sites excluding steroid dienone is 1. The van der Waals surface area contributed by atoms with Gasteiger partial charge in [0.1, 0.15) is 0 Å². The van der Waals surface area contributed by atoms with E-state index in [1.165, 1.54) is 0 Å². The van der Waals surface area contributed by atoms with E-state index in [0.717, 1.165) is 18.0 Å². The van der Waals surface area contributed by atoms with Crippen molar-refractivity contribution < 1.29 is 13.2 Å². The Morgan fingerprint density at radius 3 is 2.73 bits per heavy atom. The van der Waals surface area contributed by atoms with Crippen molar-refractivity contribution in [3.63, 3.8) is 0 Å². The molecule has 0 bridgehead atoms. The third-order valence-electron chi connectivity index (χ3n) is 1.50. The highest BCUT2D eigenvalue weighted by Crippen LogP contribution is 2.28.